The molecule has 0 bridgehead atoms. The van der Waals surface area contributed by atoms with Crippen molar-refractivity contribution in [2.75, 3.05) is 5.32 Å². The number of hydrogen-bond acceptors (Lipinski definition) is 3. The summed E-state index contributed by atoms with van der Waals surface area (Å²) in [5.74, 6) is -1.53. The molecule has 0 fully saturated rings. The summed E-state index contributed by atoms with van der Waals surface area (Å²) in [6, 6.07) is 5.80. The highest BCUT2D eigenvalue weighted by Crippen LogP contribution is 2.24. The quantitative estimate of drug-likeness (QED) is 0.779. The standard InChI is InChI=1S/C14H17ClN2O4/c1-14(2,8-12(19)20)7-11(18)17-13(21)16-10-5-3-4-9(15)6-10/h3-6H,7-8H2,1-2H3,(H,19,20)(H2,16,17,18,21). The van der Waals surface area contributed by atoms with Gasteiger partial charge in [-0.1, -0.05) is 31.5 Å². The second-order valence-corrected chi connectivity index (χ2v) is 5.86. The number of hydrogen-bond donors (Lipinski definition) is 3. The van der Waals surface area contributed by atoms with Crippen molar-refractivity contribution in [2.45, 2.75) is 26.7 Å². The number of carboxylic acid groups (broad SMARTS) is 1. The van der Waals surface area contributed by atoms with Gasteiger partial charge in [0, 0.05) is 17.1 Å². The molecule has 114 valence electrons. The maximum atomic E-state index is 11.7. The van der Waals surface area contributed by atoms with Crippen LogP contribution < -0.4 is 10.6 Å². The Kier molecular flexibility index (Phi) is 5.72. The topological polar surface area (TPSA) is 95.5 Å². The molecule has 0 aromatic heterocycles. The minimum atomic E-state index is -0.990. The second kappa shape index (κ2) is 7.08. The highest BCUT2D eigenvalue weighted by molar-refractivity contribution is 6.30. The van der Waals surface area contributed by atoms with Crippen molar-refractivity contribution in [1.82, 2.24) is 5.32 Å². The van der Waals surface area contributed by atoms with E-state index in [2.05, 4.69) is 10.6 Å². The fourth-order valence-corrected chi connectivity index (χ4v) is 2.00. The van der Waals surface area contributed by atoms with Crippen LogP contribution in [0.3, 0.4) is 0 Å². The number of halogens is 1. The molecule has 6 nitrogen and oxygen atoms in total. The molecule has 0 saturated heterocycles. The second-order valence-electron chi connectivity index (χ2n) is 5.42. The summed E-state index contributed by atoms with van der Waals surface area (Å²) in [6.45, 7) is 3.30. The largest absolute Gasteiger partial charge is 0.481 e. The number of imide groups is 1. The molecule has 1 aromatic carbocycles. The van der Waals surface area contributed by atoms with Gasteiger partial charge in [0.05, 0.1) is 6.42 Å². The highest BCUT2D eigenvalue weighted by Gasteiger charge is 2.25. The monoisotopic (exact) mass is 312 g/mol. The van der Waals surface area contributed by atoms with Crippen molar-refractivity contribution in [2.24, 2.45) is 5.41 Å². The molecule has 1 aromatic rings. The number of anilines is 1. The van der Waals surface area contributed by atoms with Gasteiger partial charge in [0.25, 0.3) is 0 Å². The lowest BCUT2D eigenvalue weighted by Crippen LogP contribution is -2.37. The Hall–Kier alpha value is -2.08. The molecule has 0 aliphatic carbocycles. The fraction of sp³-hybridized carbons (Fsp3) is 0.357. The van der Waals surface area contributed by atoms with Crippen molar-refractivity contribution in [3.05, 3.63) is 29.3 Å². The minimum Gasteiger partial charge on any atom is -0.481 e. The Morgan fingerprint density at radius 2 is 1.90 bits per heavy atom. The van der Waals surface area contributed by atoms with Crippen LogP contribution in [0.2, 0.25) is 5.02 Å². The molecule has 7 heteroatoms. The van der Waals surface area contributed by atoms with E-state index >= 15 is 0 Å². The molecular weight excluding hydrogens is 296 g/mol. The molecule has 3 amide bonds. The van der Waals surface area contributed by atoms with Crippen molar-refractivity contribution in [1.29, 1.82) is 0 Å². The van der Waals surface area contributed by atoms with Gasteiger partial charge in [-0.15, -0.1) is 0 Å². The fourth-order valence-electron chi connectivity index (χ4n) is 1.81. The first-order valence-electron chi connectivity index (χ1n) is 6.26. The zero-order valence-electron chi connectivity index (χ0n) is 11.8. The van der Waals surface area contributed by atoms with E-state index in [1.54, 1.807) is 38.1 Å². The molecule has 0 unspecified atom stereocenters. The summed E-state index contributed by atoms with van der Waals surface area (Å²) >= 11 is 5.78. The predicted molar refractivity (Wildman–Crippen MR) is 79.3 cm³/mol. The van der Waals surface area contributed by atoms with Crippen LogP contribution in [0.4, 0.5) is 10.5 Å². The number of carbonyl (C=O) groups excluding carboxylic acids is 2. The number of aliphatic carboxylic acids is 1. The third-order valence-electron chi connectivity index (χ3n) is 2.60. The molecule has 0 atom stereocenters. The first-order valence-corrected chi connectivity index (χ1v) is 6.64. The Labute approximate surface area is 127 Å². The Morgan fingerprint density at radius 1 is 1.24 bits per heavy atom. The lowest BCUT2D eigenvalue weighted by Gasteiger charge is -2.21. The van der Waals surface area contributed by atoms with Gasteiger partial charge < -0.3 is 10.4 Å². The lowest BCUT2D eigenvalue weighted by molar-refractivity contribution is -0.139. The summed E-state index contributed by atoms with van der Waals surface area (Å²) in [5.41, 5.74) is -0.274. The minimum absolute atomic E-state index is 0.0672. The van der Waals surface area contributed by atoms with E-state index in [1.807, 2.05) is 0 Å². The van der Waals surface area contributed by atoms with Gasteiger partial charge in [-0.25, -0.2) is 4.79 Å². The molecule has 21 heavy (non-hydrogen) atoms. The predicted octanol–water partition coefficient (Wildman–Crippen LogP) is 2.88. The van der Waals surface area contributed by atoms with Crippen LogP contribution in [0.1, 0.15) is 26.7 Å². The van der Waals surface area contributed by atoms with Crippen LogP contribution in [-0.4, -0.2) is 23.0 Å². The van der Waals surface area contributed by atoms with E-state index in [0.717, 1.165) is 0 Å². The van der Waals surface area contributed by atoms with E-state index in [9.17, 15) is 14.4 Å². The number of benzene rings is 1. The molecular formula is C14H17ClN2O4. The van der Waals surface area contributed by atoms with Crippen LogP contribution >= 0.6 is 11.6 Å². The van der Waals surface area contributed by atoms with Crippen LogP contribution in [0, 0.1) is 5.41 Å². The van der Waals surface area contributed by atoms with Crippen molar-refractivity contribution in [3.63, 3.8) is 0 Å². The van der Waals surface area contributed by atoms with E-state index in [-0.39, 0.29) is 12.8 Å². The summed E-state index contributed by atoms with van der Waals surface area (Å²) in [7, 11) is 0. The van der Waals surface area contributed by atoms with E-state index in [1.165, 1.54) is 0 Å². The van der Waals surface area contributed by atoms with Gasteiger partial charge in [-0.2, -0.15) is 0 Å². The molecule has 3 N–H and O–H groups in total. The molecule has 0 saturated carbocycles. The maximum absolute atomic E-state index is 11.7. The van der Waals surface area contributed by atoms with Gasteiger partial charge in [0.15, 0.2) is 0 Å². The number of carbonyl (C=O) groups is 3. The number of nitrogens with one attached hydrogen (secondary N) is 2. The molecule has 0 radical (unpaired) electrons. The third kappa shape index (κ3) is 6.76. The molecule has 0 aliphatic heterocycles. The lowest BCUT2D eigenvalue weighted by atomic mass is 9.85. The van der Waals surface area contributed by atoms with E-state index in [0.29, 0.717) is 10.7 Å². The molecule has 0 aliphatic rings. The normalized spacial score (nSPS) is 10.8. The zero-order chi connectivity index (χ0) is 16.0. The van der Waals surface area contributed by atoms with Crippen LogP contribution in [0.15, 0.2) is 24.3 Å². The average Bonchev–Trinajstić information content (AvgIpc) is 2.24. The SMILES string of the molecule is CC(C)(CC(=O)O)CC(=O)NC(=O)Nc1cccc(Cl)c1. The Bertz CT molecular complexity index is 558. The van der Waals surface area contributed by atoms with Crippen molar-refractivity contribution >= 4 is 35.2 Å². The maximum Gasteiger partial charge on any atom is 0.325 e. The van der Waals surface area contributed by atoms with E-state index < -0.39 is 23.3 Å². The summed E-state index contributed by atoms with van der Waals surface area (Å²) in [4.78, 5) is 34.0. The van der Waals surface area contributed by atoms with Gasteiger partial charge in [0.2, 0.25) is 5.91 Å². The third-order valence-corrected chi connectivity index (χ3v) is 2.84. The Balaban J connectivity index is 2.51. The van der Waals surface area contributed by atoms with Crippen LogP contribution in [0.25, 0.3) is 0 Å². The van der Waals surface area contributed by atoms with Crippen LogP contribution in [0.5, 0.6) is 0 Å². The zero-order valence-corrected chi connectivity index (χ0v) is 12.5. The van der Waals surface area contributed by atoms with Gasteiger partial charge in [-0.3, -0.25) is 14.9 Å². The van der Waals surface area contributed by atoms with E-state index in [4.69, 9.17) is 16.7 Å². The van der Waals surface area contributed by atoms with Crippen molar-refractivity contribution < 1.29 is 19.5 Å². The van der Waals surface area contributed by atoms with Crippen molar-refractivity contribution in [3.8, 4) is 0 Å². The summed E-state index contributed by atoms with van der Waals surface area (Å²) < 4.78 is 0. The number of amides is 3. The Morgan fingerprint density at radius 3 is 2.48 bits per heavy atom. The average molecular weight is 313 g/mol. The smallest absolute Gasteiger partial charge is 0.325 e. The summed E-state index contributed by atoms with van der Waals surface area (Å²) in [6.07, 6.45) is -0.224. The van der Waals surface area contributed by atoms with Gasteiger partial charge in [0.1, 0.15) is 0 Å². The molecule has 0 spiro atoms. The first-order chi connectivity index (χ1) is 9.68. The van der Waals surface area contributed by atoms with Gasteiger partial charge in [-0.05, 0) is 23.6 Å². The number of urea groups is 1. The number of carboxylic acids is 1. The summed E-state index contributed by atoms with van der Waals surface area (Å²) in [5, 5.41) is 13.8. The molecule has 0 heterocycles. The van der Waals surface area contributed by atoms with Crippen LogP contribution in [-0.2, 0) is 9.59 Å². The van der Waals surface area contributed by atoms with Gasteiger partial charge >= 0.3 is 12.0 Å². The first kappa shape index (κ1) is 17.0. The highest BCUT2D eigenvalue weighted by atomic mass is 35.5. The number of rotatable bonds is 5. The molecule has 1 rings (SSSR count).